The van der Waals surface area contributed by atoms with Crippen LogP contribution in [0.25, 0.3) is 5.69 Å². The van der Waals surface area contributed by atoms with Gasteiger partial charge in [0.05, 0.1) is 16.3 Å². The molecule has 2 heterocycles. The zero-order valence-corrected chi connectivity index (χ0v) is 15.7. The van der Waals surface area contributed by atoms with Gasteiger partial charge in [0.25, 0.3) is 11.2 Å². The summed E-state index contributed by atoms with van der Waals surface area (Å²) in [5.74, 6) is -0.00680. The molecule has 1 aromatic carbocycles. The third-order valence-corrected chi connectivity index (χ3v) is 4.13. The van der Waals surface area contributed by atoms with Crippen molar-refractivity contribution < 1.29 is 9.72 Å². The molecule has 0 bridgehead atoms. The summed E-state index contributed by atoms with van der Waals surface area (Å²) in [5, 5.41) is 17.8. The van der Waals surface area contributed by atoms with Gasteiger partial charge >= 0.3 is 0 Å². The molecule has 0 atom stereocenters. The average Bonchev–Trinajstić information content (AvgIpc) is 2.98. The Morgan fingerprint density at radius 2 is 1.96 bits per heavy atom. The molecule has 10 heteroatoms. The smallest absolute Gasteiger partial charge is 0.269 e. The van der Waals surface area contributed by atoms with Crippen LogP contribution in [0, 0.1) is 17.0 Å². The number of benzene rings is 1. The highest BCUT2D eigenvalue weighted by Gasteiger charge is 2.13. The number of aromatic nitrogens is 3. The van der Waals surface area contributed by atoms with Crippen LogP contribution in [0.2, 0.25) is 0 Å². The van der Waals surface area contributed by atoms with Crippen LogP contribution in [0.4, 0.5) is 11.5 Å². The fraction of sp³-hybridized carbons (Fsp3) is 0.118. The van der Waals surface area contributed by atoms with E-state index >= 15 is 0 Å². The summed E-state index contributed by atoms with van der Waals surface area (Å²) in [5.41, 5.74) is 0.877. The lowest BCUT2D eigenvalue weighted by Gasteiger charge is -2.10. The third-order valence-electron chi connectivity index (χ3n) is 3.67. The van der Waals surface area contributed by atoms with Gasteiger partial charge in [0.2, 0.25) is 5.91 Å². The van der Waals surface area contributed by atoms with Crippen LogP contribution >= 0.6 is 15.9 Å². The number of hydrogen-bond donors (Lipinski definition) is 1. The molecule has 0 aliphatic heterocycles. The number of nitrogens with one attached hydrogen (secondary N) is 1. The average molecular weight is 432 g/mol. The van der Waals surface area contributed by atoms with Crippen molar-refractivity contribution in [2.75, 3.05) is 5.32 Å². The van der Waals surface area contributed by atoms with Crippen molar-refractivity contribution in [1.82, 2.24) is 14.3 Å². The minimum Gasteiger partial charge on any atom is -0.309 e. The Hall–Kier alpha value is -3.27. The quantitative estimate of drug-likeness (QED) is 0.492. The normalized spacial score (nSPS) is 10.6. The van der Waals surface area contributed by atoms with E-state index in [4.69, 9.17) is 0 Å². The Bertz CT molecular complexity index is 1070. The van der Waals surface area contributed by atoms with E-state index in [-0.39, 0.29) is 17.8 Å². The van der Waals surface area contributed by atoms with Crippen LogP contribution in [0.15, 0.2) is 57.9 Å². The van der Waals surface area contributed by atoms with E-state index in [9.17, 15) is 19.7 Å². The number of carbonyl (C=O) groups excluding carboxylic acids is 1. The number of pyridine rings is 1. The molecular formula is C17H14BrN5O4. The van der Waals surface area contributed by atoms with Gasteiger partial charge in [0.15, 0.2) is 0 Å². The SMILES string of the molecule is Cc1cc(NC(=O)Cn2cc(Br)ccc2=O)n(-c2ccc([N+](=O)[O-])cc2)n1. The van der Waals surface area contributed by atoms with Gasteiger partial charge in [-0.25, -0.2) is 4.68 Å². The van der Waals surface area contributed by atoms with Crippen LogP contribution in [0.3, 0.4) is 0 Å². The highest BCUT2D eigenvalue weighted by Crippen LogP contribution is 2.20. The van der Waals surface area contributed by atoms with E-state index in [0.29, 0.717) is 21.7 Å². The predicted octanol–water partition coefficient (Wildman–Crippen LogP) is 2.65. The number of anilines is 1. The standard InChI is InChI=1S/C17H14BrN5O4/c1-11-8-15(19-16(24)10-21-9-12(18)2-7-17(21)25)22(20-11)13-3-5-14(6-4-13)23(26)27/h2-9H,10H2,1H3,(H,19,24). The van der Waals surface area contributed by atoms with Gasteiger partial charge in [-0.1, -0.05) is 0 Å². The molecule has 3 rings (SSSR count). The molecule has 2 aromatic heterocycles. The molecule has 9 nitrogen and oxygen atoms in total. The summed E-state index contributed by atoms with van der Waals surface area (Å²) in [6.45, 7) is 1.60. The molecule has 0 aliphatic rings. The first-order valence-electron chi connectivity index (χ1n) is 7.81. The summed E-state index contributed by atoms with van der Waals surface area (Å²) in [7, 11) is 0. The second-order valence-corrected chi connectivity index (χ2v) is 6.63. The topological polar surface area (TPSA) is 112 Å². The summed E-state index contributed by atoms with van der Waals surface area (Å²) in [4.78, 5) is 34.5. The summed E-state index contributed by atoms with van der Waals surface area (Å²) in [6.07, 6.45) is 1.53. The highest BCUT2D eigenvalue weighted by molar-refractivity contribution is 9.10. The number of non-ortho nitro benzene ring substituents is 1. The van der Waals surface area contributed by atoms with Crippen molar-refractivity contribution >= 4 is 33.3 Å². The Morgan fingerprint density at radius 3 is 2.63 bits per heavy atom. The summed E-state index contributed by atoms with van der Waals surface area (Å²) < 4.78 is 3.43. The van der Waals surface area contributed by atoms with Crippen LogP contribution in [-0.4, -0.2) is 25.2 Å². The maximum Gasteiger partial charge on any atom is 0.269 e. The second-order valence-electron chi connectivity index (χ2n) is 5.72. The van der Waals surface area contributed by atoms with Crippen LogP contribution < -0.4 is 10.9 Å². The molecule has 0 spiro atoms. The Balaban J connectivity index is 1.83. The largest absolute Gasteiger partial charge is 0.309 e. The molecule has 0 saturated heterocycles. The summed E-state index contributed by atoms with van der Waals surface area (Å²) in [6, 6.07) is 10.4. The molecule has 3 aromatic rings. The van der Waals surface area contributed by atoms with E-state index in [2.05, 4.69) is 26.3 Å². The first-order chi connectivity index (χ1) is 12.8. The fourth-order valence-electron chi connectivity index (χ4n) is 2.46. The van der Waals surface area contributed by atoms with Crippen molar-refractivity contribution in [3.63, 3.8) is 0 Å². The molecule has 0 saturated carbocycles. The zero-order chi connectivity index (χ0) is 19.6. The molecule has 0 unspecified atom stereocenters. The first-order valence-corrected chi connectivity index (χ1v) is 8.60. The maximum atomic E-state index is 12.4. The van der Waals surface area contributed by atoms with Crippen LogP contribution in [-0.2, 0) is 11.3 Å². The molecule has 138 valence electrons. The summed E-state index contributed by atoms with van der Waals surface area (Å²) >= 11 is 3.26. The monoisotopic (exact) mass is 431 g/mol. The Morgan fingerprint density at radius 1 is 1.26 bits per heavy atom. The molecule has 1 amide bonds. The zero-order valence-electron chi connectivity index (χ0n) is 14.1. The number of nitrogens with zero attached hydrogens (tertiary/aromatic N) is 4. The Labute approximate surface area is 161 Å². The van der Waals surface area contributed by atoms with E-state index in [0.717, 1.165) is 0 Å². The lowest BCUT2D eigenvalue weighted by atomic mass is 10.3. The first kappa shape index (κ1) is 18.5. The number of amides is 1. The van der Waals surface area contributed by atoms with Crippen molar-refractivity contribution in [3.05, 3.63) is 79.3 Å². The minimum atomic E-state index is -0.490. The van der Waals surface area contributed by atoms with E-state index in [1.165, 1.54) is 33.6 Å². The molecule has 27 heavy (non-hydrogen) atoms. The number of hydrogen-bond acceptors (Lipinski definition) is 5. The van der Waals surface area contributed by atoms with Gasteiger partial charge in [-0.05, 0) is 41.1 Å². The van der Waals surface area contributed by atoms with Gasteiger partial charge < -0.3 is 9.88 Å². The van der Waals surface area contributed by atoms with E-state index in [1.807, 2.05) is 0 Å². The molecule has 0 fully saturated rings. The number of nitro groups is 1. The molecule has 0 radical (unpaired) electrons. The van der Waals surface area contributed by atoms with Crippen LogP contribution in [0.5, 0.6) is 0 Å². The number of carbonyl (C=O) groups is 1. The van der Waals surface area contributed by atoms with Crippen molar-refractivity contribution in [2.45, 2.75) is 13.5 Å². The number of halogens is 1. The van der Waals surface area contributed by atoms with Crippen molar-refractivity contribution in [1.29, 1.82) is 0 Å². The van der Waals surface area contributed by atoms with Gasteiger partial charge in [0, 0.05) is 34.9 Å². The number of nitro benzene ring substituents is 1. The minimum absolute atomic E-state index is 0.0396. The van der Waals surface area contributed by atoms with Gasteiger partial charge in [-0.2, -0.15) is 5.10 Å². The van der Waals surface area contributed by atoms with Crippen LogP contribution in [0.1, 0.15) is 5.69 Å². The van der Waals surface area contributed by atoms with E-state index < -0.39 is 10.8 Å². The fourth-order valence-corrected chi connectivity index (χ4v) is 2.84. The van der Waals surface area contributed by atoms with Crippen molar-refractivity contribution in [3.8, 4) is 5.69 Å². The lowest BCUT2D eigenvalue weighted by Crippen LogP contribution is -2.27. The maximum absolute atomic E-state index is 12.4. The molecule has 1 N–H and O–H groups in total. The predicted molar refractivity (Wildman–Crippen MR) is 102 cm³/mol. The molecule has 0 aliphatic carbocycles. The molecular weight excluding hydrogens is 418 g/mol. The second kappa shape index (κ2) is 7.54. The van der Waals surface area contributed by atoms with E-state index in [1.54, 1.807) is 31.2 Å². The van der Waals surface area contributed by atoms with Gasteiger partial charge in [-0.3, -0.25) is 19.7 Å². The lowest BCUT2D eigenvalue weighted by molar-refractivity contribution is -0.384. The highest BCUT2D eigenvalue weighted by atomic mass is 79.9. The Kier molecular flexibility index (Phi) is 5.17. The number of aryl methyl sites for hydroxylation is 1. The van der Waals surface area contributed by atoms with Gasteiger partial charge in [-0.15, -0.1) is 0 Å². The van der Waals surface area contributed by atoms with Crippen molar-refractivity contribution in [2.24, 2.45) is 0 Å². The van der Waals surface area contributed by atoms with Gasteiger partial charge in [0.1, 0.15) is 12.4 Å². The third kappa shape index (κ3) is 4.29. The number of rotatable bonds is 5.